The van der Waals surface area contributed by atoms with Gasteiger partial charge in [0.15, 0.2) is 5.13 Å². The molecular weight excluding hydrogens is 469 g/mol. The van der Waals surface area contributed by atoms with Gasteiger partial charge >= 0.3 is 0 Å². The number of benzene rings is 2. The van der Waals surface area contributed by atoms with Gasteiger partial charge in [-0.1, -0.05) is 57.9 Å². The Balaban J connectivity index is 1.59. The van der Waals surface area contributed by atoms with Gasteiger partial charge in [0.1, 0.15) is 17.0 Å². The zero-order valence-corrected chi connectivity index (χ0v) is 19.5. The van der Waals surface area contributed by atoms with Crippen molar-refractivity contribution in [2.75, 3.05) is 18.1 Å². The molecular formula is C23H19Cl2N3O3S. The summed E-state index contributed by atoms with van der Waals surface area (Å²) in [6.45, 7) is 2.81. The third kappa shape index (κ3) is 4.01. The third-order valence-electron chi connectivity index (χ3n) is 5.43. The molecule has 0 bridgehead atoms. The molecule has 1 aliphatic rings. The van der Waals surface area contributed by atoms with Gasteiger partial charge in [-0.05, 0) is 44.0 Å². The lowest BCUT2D eigenvalue weighted by atomic mass is 10.0. The topological polar surface area (TPSA) is 68.5 Å². The normalized spacial score (nSPS) is 16.0. The zero-order valence-electron chi connectivity index (χ0n) is 17.2. The van der Waals surface area contributed by atoms with E-state index in [0.29, 0.717) is 50.9 Å². The van der Waals surface area contributed by atoms with E-state index < -0.39 is 0 Å². The summed E-state index contributed by atoms with van der Waals surface area (Å²) in [6, 6.07) is 12.8. The van der Waals surface area contributed by atoms with Crippen molar-refractivity contribution in [1.29, 1.82) is 0 Å². The number of aromatic nitrogens is 2. The van der Waals surface area contributed by atoms with Gasteiger partial charge in [-0.25, -0.2) is 4.98 Å². The lowest BCUT2D eigenvalue weighted by Gasteiger charge is -2.23. The van der Waals surface area contributed by atoms with E-state index in [2.05, 4.69) is 5.16 Å². The zero-order chi connectivity index (χ0) is 22.2. The SMILES string of the molecule is Cc1onc(-c2ccccc2Cl)c1C(=O)N(CC1CCCO1)c1nc2ccc(Cl)cc2s1. The van der Waals surface area contributed by atoms with Crippen LogP contribution in [0.4, 0.5) is 5.13 Å². The molecule has 1 saturated heterocycles. The Labute approximate surface area is 198 Å². The Hall–Kier alpha value is -2.45. The molecule has 2 aromatic carbocycles. The lowest BCUT2D eigenvalue weighted by molar-refractivity contribution is 0.0916. The van der Waals surface area contributed by atoms with Gasteiger partial charge in [-0.3, -0.25) is 9.69 Å². The highest BCUT2D eigenvalue weighted by atomic mass is 35.5. The highest BCUT2D eigenvalue weighted by molar-refractivity contribution is 7.22. The highest BCUT2D eigenvalue weighted by Gasteiger charge is 2.32. The van der Waals surface area contributed by atoms with E-state index in [0.717, 1.165) is 23.1 Å². The monoisotopic (exact) mass is 487 g/mol. The summed E-state index contributed by atoms with van der Waals surface area (Å²) in [7, 11) is 0. The number of hydrogen-bond acceptors (Lipinski definition) is 6. The number of aryl methyl sites for hydroxylation is 1. The molecule has 1 aliphatic heterocycles. The van der Waals surface area contributed by atoms with E-state index >= 15 is 0 Å². The van der Waals surface area contributed by atoms with Crippen molar-refractivity contribution in [2.45, 2.75) is 25.9 Å². The maximum atomic E-state index is 13.9. The number of ether oxygens (including phenoxy) is 1. The maximum Gasteiger partial charge on any atom is 0.266 e. The van der Waals surface area contributed by atoms with E-state index in [9.17, 15) is 4.79 Å². The molecule has 6 nitrogen and oxygen atoms in total. The number of carbonyl (C=O) groups is 1. The van der Waals surface area contributed by atoms with Crippen molar-refractivity contribution in [3.8, 4) is 11.3 Å². The van der Waals surface area contributed by atoms with Crippen LogP contribution in [0.1, 0.15) is 29.0 Å². The van der Waals surface area contributed by atoms with Gasteiger partial charge < -0.3 is 9.26 Å². The molecule has 0 N–H and O–H groups in total. The Morgan fingerprint density at radius 3 is 2.88 bits per heavy atom. The van der Waals surface area contributed by atoms with Gasteiger partial charge in [0.2, 0.25) is 0 Å². The van der Waals surface area contributed by atoms with Crippen LogP contribution in [0.5, 0.6) is 0 Å². The minimum Gasteiger partial charge on any atom is -0.376 e. The van der Waals surface area contributed by atoms with Crippen molar-refractivity contribution < 1.29 is 14.1 Å². The Kier molecular flexibility index (Phi) is 5.90. The Bertz CT molecular complexity index is 1300. The Morgan fingerprint density at radius 2 is 2.09 bits per heavy atom. The molecule has 1 amide bonds. The molecule has 0 radical (unpaired) electrons. The summed E-state index contributed by atoms with van der Waals surface area (Å²) in [5.74, 6) is 0.172. The summed E-state index contributed by atoms with van der Waals surface area (Å²) in [5, 5.41) is 5.86. The molecule has 164 valence electrons. The van der Waals surface area contributed by atoms with Gasteiger partial charge in [-0.15, -0.1) is 0 Å². The quantitative estimate of drug-likeness (QED) is 0.326. The summed E-state index contributed by atoms with van der Waals surface area (Å²) in [6.07, 6.45) is 1.80. The molecule has 1 fully saturated rings. The fourth-order valence-electron chi connectivity index (χ4n) is 3.84. The predicted octanol–water partition coefficient (Wildman–Crippen LogP) is 6.39. The Morgan fingerprint density at radius 1 is 1.25 bits per heavy atom. The second-order valence-electron chi connectivity index (χ2n) is 7.60. The molecule has 0 saturated carbocycles. The summed E-state index contributed by atoms with van der Waals surface area (Å²) < 4.78 is 12.2. The van der Waals surface area contributed by atoms with E-state index in [1.165, 1.54) is 11.3 Å². The highest BCUT2D eigenvalue weighted by Crippen LogP contribution is 2.36. The number of amides is 1. The molecule has 9 heteroatoms. The van der Waals surface area contributed by atoms with E-state index in [4.69, 9.17) is 37.4 Å². The smallest absolute Gasteiger partial charge is 0.266 e. The largest absolute Gasteiger partial charge is 0.376 e. The van der Waals surface area contributed by atoms with Crippen LogP contribution in [0, 0.1) is 6.92 Å². The third-order valence-corrected chi connectivity index (χ3v) is 7.04. The molecule has 5 rings (SSSR count). The minimum absolute atomic E-state index is 0.0570. The van der Waals surface area contributed by atoms with E-state index in [1.807, 2.05) is 30.3 Å². The number of anilines is 1. The molecule has 32 heavy (non-hydrogen) atoms. The van der Waals surface area contributed by atoms with Crippen molar-refractivity contribution >= 4 is 55.8 Å². The van der Waals surface area contributed by atoms with Gasteiger partial charge in [-0.2, -0.15) is 0 Å². The fraction of sp³-hybridized carbons (Fsp3) is 0.261. The first-order chi connectivity index (χ1) is 15.5. The maximum absolute atomic E-state index is 13.9. The molecule has 3 heterocycles. The number of halogens is 2. The van der Waals surface area contributed by atoms with E-state index in [-0.39, 0.29) is 12.0 Å². The second kappa shape index (κ2) is 8.83. The second-order valence-corrected chi connectivity index (χ2v) is 9.45. The first kappa shape index (κ1) is 21.4. The lowest BCUT2D eigenvalue weighted by Crippen LogP contribution is -2.37. The van der Waals surface area contributed by atoms with Gasteiger partial charge in [0, 0.05) is 17.2 Å². The average molecular weight is 488 g/mol. The molecule has 1 atom stereocenters. The number of carbonyl (C=O) groups excluding carboxylic acids is 1. The number of rotatable bonds is 5. The van der Waals surface area contributed by atoms with Crippen LogP contribution in [-0.2, 0) is 4.74 Å². The first-order valence-corrected chi connectivity index (χ1v) is 11.8. The number of nitrogens with zero attached hydrogens (tertiary/aromatic N) is 3. The van der Waals surface area contributed by atoms with Gasteiger partial charge in [0.05, 0.1) is 27.9 Å². The van der Waals surface area contributed by atoms with Crippen LogP contribution in [0.15, 0.2) is 47.0 Å². The van der Waals surface area contributed by atoms with Crippen LogP contribution >= 0.6 is 34.5 Å². The summed E-state index contributed by atoms with van der Waals surface area (Å²) in [4.78, 5) is 20.3. The van der Waals surface area contributed by atoms with Crippen LogP contribution in [0.3, 0.4) is 0 Å². The minimum atomic E-state index is -0.251. The van der Waals surface area contributed by atoms with Crippen LogP contribution in [-0.4, -0.2) is 35.3 Å². The molecule has 2 aromatic heterocycles. The number of thiazole rings is 1. The number of fused-ring (bicyclic) bond motifs is 1. The fourth-order valence-corrected chi connectivity index (χ4v) is 5.31. The predicted molar refractivity (Wildman–Crippen MR) is 127 cm³/mol. The molecule has 0 spiro atoms. The van der Waals surface area contributed by atoms with Crippen LogP contribution in [0.25, 0.3) is 21.5 Å². The van der Waals surface area contributed by atoms with Crippen molar-refractivity contribution in [2.24, 2.45) is 0 Å². The number of hydrogen-bond donors (Lipinski definition) is 0. The standard InChI is InChI=1S/C23H19Cl2N3O3S/c1-13-20(21(27-31-13)16-6-2-3-7-17(16)25)22(29)28(12-15-5-4-10-30-15)23-26-18-9-8-14(24)11-19(18)32-23/h2-3,6-9,11,15H,4-5,10,12H2,1H3. The molecule has 4 aromatic rings. The first-order valence-electron chi connectivity index (χ1n) is 10.2. The van der Waals surface area contributed by atoms with Crippen LogP contribution < -0.4 is 4.90 Å². The van der Waals surface area contributed by atoms with Crippen molar-refractivity contribution in [3.05, 3.63) is 63.8 Å². The van der Waals surface area contributed by atoms with Crippen molar-refractivity contribution in [3.63, 3.8) is 0 Å². The van der Waals surface area contributed by atoms with Crippen molar-refractivity contribution in [1.82, 2.24) is 10.1 Å². The average Bonchev–Trinajstić information content (AvgIpc) is 3.51. The van der Waals surface area contributed by atoms with E-state index in [1.54, 1.807) is 24.0 Å². The molecule has 1 unspecified atom stereocenters. The summed E-state index contributed by atoms with van der Waals surface area (Å²) >= 11 is 14.0. The van der Waals surface area contributed by atoms with Crippen LogP contribution in [0.2, 0.25) is 10.0 Å². The molecule has 0 aliphatic carbocycles. The van der Waals surface area contributed by atoms with Gasteiger partial charge in [0.25, 0.3) is 5.91 Å². The summed E-state index contributed by atoms with van der Waals surface area (Å²) in [5.41, 5.74) is 2.21.